The molecule has 0 amide bonds. The van der Waals surface area contributed by atoms with Gasteiger partial charge in [-0.15, -0.1) is 0 Å². The molecule has 3 N–H and O–H groups in total. The van der Waals surface area contributed by atoms with Crippen molar-refractivity contribution in [1.82, 2.24) is 0 Å². The van der Waals surface area contributed by atoms with Crippen molar-refractivity contribution in [3.63, 3.8) is 0 Å². The van der Waals surface area contributed by atoms with Crippen LogP contribution in [0.3, 0.4) is 0 Å². The third-order valence-corrected chi connectivity index (χ3v) is 6.03. The smallest absolute Gasteiger partial charge is 0.329 e. The van der Waals surface area contributed by atoms with Gasteiger partial charge >= 0.3 is 5.13 Å². The highest BCUT2D eigenvalue weighted by atomic mass is 32.1. The van der Waals surface area contributed by atoms with Crippen LogP contribution in [-0.2, 0) is 6.42 Å². The second-order valence-electron chi connectivity index (χ2n) is 7.43. The lowest BCUT2D eigenvalue weighted by Crippen LogP contribution is -2.17. The first-order valence-corrected chi connectivity index (χ1v) is 11.2. The number of H-pyrrole nitrogens is 1. The Kier molecular flexibility index (Phi) is 6.82. The predicted octanol–water partition coefficient (Wildman–Crippen LogP) is 4.79. The quantitative estimate of drug-likeness (QED) is 0.376. The minimum atomic E-state index is -0.0459. The third-order valence-electron chi connectivity index (χ3n) is 5.30. The number of ketones is 1. The molecule has 0 aliphatic carbocycles. The van der Waals surface area contributed by atoms with Gasteiger partial charge in [0.15, 0.2) is 12.4 Å². The van der Waals surface area contributed by atoms with Crippen LogP contribution in [0.4, 0.5) is 5.13 Å². The van der Waals surface area contributed by atoms with Gasteiger partial charge in [0.1, 0.15) is 17.2 Å². The standard InChI is InChI=1S/C26H24N2O3S/c1-30-21-11-7-18(8-12-21)15-23(24-17-32-26(27)28-24)19-9-13-22(14-10-19)31-16-25(29)20-5-3-2-4-6-20/h2-14,17,23H,15-16H2,1H3,(H2,27,28)/p+1. The summed E-state index contributed by atoms with van der Waals surface area (Å²) in [4.78, 5) is 15.6. The molecule has 0 saturated carbocycles. The lowest BCUT2D eigenvalue weighted by atomic mass is 9.89. The number of aromatic nitrogens is 1. The number of benzene rings is 3. The lowest BCUT2D eigenvalue weighted by Gasteiger charge is -2.15. The third kappa shape index (κ3) is 5.34. The van der Waals surface area contributed by atoms with Crippen molar-refractivity contribution < 1.29 is 19.3 Å². The normalized spacial score (nSPS) is 11.7. The first-order valence-electron chi connectivity index (χ1n) is 10.3. The number of ether oxygens (including phenoxy) is 2. The Labute approximate surface area is 191 Å². The van der Waals surface area contributed by atoms with Crippen molar-refractivity contribution in [3.8, 4) is 11.5 Å². The number of carbonyl (C=O) groups is 1. The fraction of sp³-hybridized carbons (Fsp3) is 0.154. The molecule has 0 aliphatic rings. The largest absolute Gasteiger partial charge is 0.497 e. The highest BCUT2D eigenvalue weighted by Gasteiger charge is 2.21. The molecule has 5 nitrogen and oxygen atoms in total. The van der Waals surface area contributed by atoms with E-state index in [4.69, 9.17) is 15.2 Å². The highest BCUT2D eigenvalue weighted by Crippen LogP contribution is 2.30. The van der Waals surface area contributed by atoms with Gasteiger partial charge in [0.25, 0.3) is 0 Å². The van der Waals surface area contributed by atoms with Gasteiger partial charge in [-0.3, -0.25) is 10.5 Å². The Balaban J connectivity index is 1.49. The highest BCUT2D eigenvalue weighted by molar-refractivity contribution is 7.13. The average molecular weight is 446 g/mol. The molecular formula is C26H25N2O3S+. The zero-order chi connectivity index (χ0) is 22.3. The summed E-state index contributed by atoms with van der Waals surface area (Å²) < 4.78 is 11.0. The molecule has 4 aromatic rings. The van der Waals surface area contributed by atoms with E-state index in [0.717, 1.165) is 23.4 Å². The zero-order valence-electron chi connectivity index (χ0n) is 17.8. The Morgan fingerprint density at radius 1 is 0.969 bits per heavy atom. The summed E-state index contributed by atoms with van der Waals surface area (Å²) in [6.45, 7) is 0.00742. The van der Waals surface area contributed by atoms with Crippen molar-refractivity contribution in [1.29, 1.82) is 0 Å². The number of rotatable bonds is 9. The van der Waals surface area contributed by atoms with Gasteiger partial charge in [0.05, 0.1) is 13.0 Å². The van der Waals surface area contributed by atoms with Crippen LogP contribution in [0.1, 0.15) is 33.1 Å². The first kappa shape index (κ1) is 21.6. The van der Waals surface area contributed by atoms with Crippen LogP contribution in [0.2, 0.25) is 0 Å². The minimum absolute atomic E-state index is 0.00742. The molecule has 162 valence electrons. The van der Waals surface area contributed by atoms with Crippen LogP contribution < -0.4 is 20.2 Å². The molecule has 1 aromatic heterocycles. The second-order valence-corrected chi connectivity index (χ2v) is 8.34. The molecule has 1 atom stereocenters. The molecule has 0 spiro atoms. The van der Waals surface area contributed by atoms with Crippen LogP contribution >= 0.6 is 11.3 Å². The van der Waals surface area contributed by atoms with E-state index in [2.05, 4.69) is 22.5 Å². The number of hydrogen-bond acceptors (Lipinski definition) is 5. The van der Waals surface area contributed by atoms with E-state index in [9.17, 15) is 4.79 Å². The molecule has 6 heteroatoms. The number of aromatic amines is 1. The fourth-order valence-electron chi connectivity index (χ4n) is 3.55. The van der Waals surface area contributed by atoms with E-state index < -0.39 is 0 Å². The second kappa shape index (κ2) is 10.1. The minimum Gasteiger partial charge on any atom is -0.497 e. The molecule has 1 heterocycles. The molecule has 0 fully saturated rings. The molecule has 1 unspecified atom stereocenters. The molecule has 0 aliphatic heterocycles. The summed E-state index contributed by atoms with van der Waals surface area (Å²) in [6, 6.07) is 25.2. The Morgan fingerprint density at radius 2 is 1.66 bits per heavy atom. The van der Waals surface area contributed by atoms with Gasteiger partial charge in [0.2, 0.25) is 0 Å². The number of hydrogen-bond donors (Lipinski definition) is 1. The van der Waals surface area contributed by atoms with Crippen molar-refractivity contribution in [2.45, 2.75) is 12.3 Å². The summed E-state index contributed by atoms with van der Waals surface area (Å²) >= 11 is 1.50. The summed E-state index contributed by atoms with van der Waals surface area (Å²) in [5.74, 6) is 1.56. The molecule has 0 radical (unpaired) electrons. The van der Waals surface area contributed by atoms with Crippen molar-refractivity contribution in [3.05, 3.63) is 107 Å². The molecule has 4 rings (SSSR count). The maximum atomic E-state index is 12.3. The monoisotopic (exact) mass is 445 g/mol. The maximum Gasteiger partial charge on any atom is 0.329 e. The molecule has 32 heavy (non-hydrogen) atoms. The van der Waals surface area contributed by atoms with Gasteiger partial charge < -0.3 is 9.47 Å². The van der Waals surface area contributed by atoms with Crippen LogP contribution in [0.25, 0.3) is 0 Å². The van der Waals surface area contributed by atoms with E-state index in [1.807, 2.05) is 54.6 Å². The van der Waals surface area contributed by atoms with Crippen LogP contribution in [-0.4, -0.2) is 19.5 Å². The van der Waals surface area contributed by atoms with Crippen LogP contribution in [0.15, 0.2) is 84.2 Å². The van der Waals surface area contributed by atoms with Crippen molar-refractivity contribution in [2.75, 3.05) is 19.5 Å². The number of nitrogens with two attached hydrogens (primary N) is 1. The first-order chi connectivity index (χ1) is 15.6. The fourth-order valence-corrected chi connectivity index (χ4v) is 4.21. The van der Waals surface area contributed by atoms with Crippen LogP contribution in [0.5, 0.6) is 11.5 Å². The lowest BCUT2D eigenvalue weighted by molar-refractivity contribution is -0.368. The Morgan fingerprint density at radius 3 is 2.28 bits per heavy atom. The molecular weight excluding hydrogens is 420 g/mol. The molecule has 0 bridgehead atoms. The van der Waals surface area contributed by atoms with Crippen molar-refractivity contribution in [2.24, 2.45) is 0 Å². The Hall–Kier alpha value is -3.64. The number of Topliss-reactive ketones (excluding diaryl/α,β-unsaturated/α-hetero) is 1. The summed E-state index contributed by atoms with van der Waals surface area (Å²) in [5.41, 5.74) is 10.0. The predicted molar refractivity (Wildman–Crippen MR) is 127 cm³/mol. The summed E-state index contributed by atoms with van der Waals surface area (Å²) in [5, 5.41) is 2.74. The van der Waals surface area contributed by atoms with E-state index in [-0.39, 0.29) is 18.3 Å². The van der Waals surface area contributed by atoms with Crippen LogP contribution in [0, 0.1) is 0 Å². The topological polar surface area (TPSA) is 75.7 Å². The van der Waals surface area contributed by atoms with E-state index in [1.165, 1.54) is 16.9 Å². The number of carbonyl (C=O) groups excluding carboxylic acids is 1. The van der Waals surface area contributed by atoms with Gasteiger partial charge in [-0.1, -0.05) is 65.9 Å². The van der Waals surface area contributed by atoms with Gasteiger partial charge in [-0.25, -0.2) is 4.98 Å². The zero-order valence-corrected chi connectivity index (χ0v) is 18.6. The van der Waals surface area contributed by atoms with E-state index in [1.54, 1.807) is 19.2 Å². The molecule has 0 saturated heterocycles. The maximum absolute atomic E-state index is 12.3. The number of nitrogens with one attached hydrogen (secondary N) is 1. The van der Waals surface area contributed by atoms with Gasteiger partial charge in [0, 0.05) is 10.9 Å². The number of methoxy groups -OCH3 is 1. The Bertz CT molecular complexity index is 1160. The van der Waals surface area contributed by atoms with Crippen molar-refractivity contribution >= 4 is 22.3 Å². The average Bonchev–Trinajstić information content (AvgIpc) is 3.28. The van der Waals surface area contributed by atoms with E-state index >= 15 is 0 Å². The summed E-state index contributed by atoms with van der Waals surface area (Å²) in [6.07, 6.45) is 0.809. The molecule has 3 aromatic carbocycles. The number of anilines is 1. The van der Waals surface area contributed by atoms with E-state index in [0.29, 0.717) is 16.4 Å². The van der Waals surface area contributed by atoms with Gasteiger partial charge in [-0.05, 0) is 41.8 Å². The number of nitrogen functional groups attached to an aromatic ring is 1. The van der Waals surface area contributed by atoms with Gasteiger partial charge in [-0.2, -0.15) is 0 Å². The summed E-state index contributed by atoms with van der Waals surface area (Å²) in [7, 11) is 1.66. The SMILES string of the molecule is COc1ccc(CC(c2ccc(OCC(=O)c3ccccc3)cc2)c2csc(N)[nH+]2)cc1. The number of thiazole rings is 1.